The fraction of sp³-hybridized carbons (Fsp3) is 0.417. The highest BCUT2D eigenvalue weighted by molar-refractivity contribution is 5.95. The van der Waals surface area contributed by atoms with E-state index in [1.165, 1.54) is 18.2 Å². The maximum absolute atomic E-state index is 14.4. The molecule has 5 nitrogen and oxygen atoms in total. The van der Waals surface area contributed by atoms with Crippen molar-refractivity contribution in [2.45, 2.75) is 50.5 Å². The molecule has 0 radical (unpaired) electrons. The molecule has 162 valence electrons. The van der Waals surface area contributed by atoms with Crippen molar-refractivity contribution in [1.29, 1.82) is 0 Å². The molecular weight excluding hydrogens is 402 g/mol. The summed E-state index contributed by atoms with van der Waals surface area (Å²) in [5.41, 5.74) is 0.302. The van der Waals surface area contributed by atoms with Gasteiger partial charge in [-0.15, -0.1) is 0 Å². The predicted octanol–water partition coefficient (Wildman–Crippen LogP) is 3.97. The van der Waals surface area contributed by atoms with Gasteiger partial charge in [-0.25, -0.2) is 8.78 Å². The molecule has 2 amide bonds. The van der Waals surface area contributed by atoms with E-state index < -0.39 is 11.4 Å². The highest BCUT2D eigenvalue weighted by atomic mass is 19.1. The van der Waals surface area contributed by atoms with Gasteiger partial charge in [-0.05, 0) is 49.1 Å². The second kappa shape index (κ2) is 7.41. The monoisotopic (exact) mass is 426 g/mol. The normalized spacial score (nSPS) is 24.7. The lowest BCUT2D eigenvalue weighted by atomic mass is 9.89. The summed E-state index contributed by atoms with van der Waals surface area (Å²) in [7, 11) is 0. The van der Waals surface area contributed by atoms with E-state index >= 15 is 0 Å². The Labute approximate surface area is 179 Å². The lowest BCUT2D eigenvalue weighted by Crippen LogP contribution is -2.51. The number of aryl methyl sites for hydroxylation is 1. The van der Waals surface area contributed by atoms with Crippen LogP contribution in [-0.4, -0.2) is 46.5 Å². The van der Waals surface area contributed by atoms with Gasteiger partial charge >= 0.3 is 0 Å². The van der Waals surface area contributed by atoms with Crippen molar-refractivity contribution in [2.24, 2.45) is 0 Å². The van der Waals surface area contributed by atoms with Crippen LogP contribution in [0.1, 0.15) is 53.2 Å². The minimum atomic E-state index is -0.960. The zero-order valence-electron chi connectivity index (χ0n) is 17.3. The molecule has 7 heteroatoms. The number of likely N-dealkylation sites (tertiary alicyclic amines) is 1. The third kappa shape index (κ3) is 3.22. The molecule has 0 aromatic heterocycles. The first-order chi connectivity index (χ1) is 14.9. The number of rotatable bonds is 2. The Morgan fingerprint density at radius 1 is 1.10 bits per heavy atom. The van der Waals surface area contributed by atoms with Crippen molar-refractivity contribution in [3.63, 3.8) is 0 Å². The molecule has 0 bridgehead atoms. The molecular formula is C24H24F2N2O3. The Kier molecular flexibility index (Phi) is 4.81. The van der Waals surface area contributed by atoms with Crippen LogP contribution in [0.3, 0.4) is 0 Å². The van der Waals surface area contributed by atoms with Gasteiger partial charge in [0.05, 0.1) is 11.6 Å². The van der Waals surface area contributed by atoms with Crippen LogP contribution in [-0.2, 0) is 9.53 Å². The molecule has 2 atom stereocenters. The van der Waals surface area contributed by atoms with Crippen molar-refractivity contribution in [2.75, 3.05) is 13.1 Å². The number of benzene rings is 2. The maximum atomic E-state index is 14.4. The Morgan fingerprint density at radius 3 is 2.58 bits per heavy atom. The highest BCUT2D eigenvalue weighted by Gasteiger charge is 2.58. The Hall–Kier alpha value is -2.80. The molecule has 3 fully saturated rings. The van der Waals surface area contributed by atoms with Crippen LogP contribution in [0.2, 0.25) is 0 Å². The van der Waals surface area contributed by atoms with Crippen molar-refractivity contribution >= 4 is 11.8 Å². The molecule has 2 aromatic carbocycles. The predicted molar refractivity (Wildman–Crippen MR) is 109 cm³/mol. The molecule has 3 heterocycles. The summed E-state index contributed by atoms with van der Waals surface area (Å²) in [5.74, 6) is -1.27. The van der Waals surface area contributed by atoms with Crippen LogP contribution in [0.4, 0.5) is 8.78 Å². The molecule has 31 heavy (non-hydrogen) atoms. The van der Waals surface area contributed by atoms with Gasteiger partial charge in [-0.2, -0.15) is 0 Å². The van der Waals surface area contributed by atoms with Gasteiger partial charge in [0, 0.05) is 25.9 Å². The molecule has 3 saturated heterocycles. The van der Waals surface area contributed by atoms with Gasteiger partial charge in [0.15, 0.2) is 5.60 Å². The van der Waals surface area contributed by atoms with Crippen LogP contribution >= 0.6 is 0 Å². The SMILES string of the molecule is Cc1cccc(C(=O)N2CCC3(CC2)O[C@@H]2CC[C@@H](c4cccc(F)c4)N2C3=O)c1F. The topological polar surface area (TPSA) is 49.9 Å². The summed E-state index contributed by atoms with van der Waals surface area (Å²) in [6.45, 7) is 2.27. The summed E-state index contributed by atoms with van der Waals surface area (Å²) in [6.07, 6.45) is 1.85. The summed E-state index contributed by atoms with van der Waals surface area (Å²) >= 11 is 0. The Morgan fingerprint density at radius 2 is 1.84 bits per heavy atom. The zero-order chi connectivity index (χ0) is 21.8. The molecule has 2 aromatic rings. The van der Waals surface area contributed by atoms with E-state index in [1.807, 2.05) is 6.07 Å². The summed E-state index contributed by atoms with van der Waals surface area (Å²) < 4.78 is 34.4. The fourth-order valence-corrected chi connectivity index (χ4v) is 5.14. The van der Waals surface area contributed by atoms with Crippen LogP contribution in [0, 0.1) is 18.6 Å². The average molecular weight is 426 g/mol. The number of amides is 2. The molecule has 0 aliphatic carbocycles. The lowest BCUT2D eigenvalue weighted by Gasteiger charge is -2.37. The number of fused-ring (bicyclic) bond motifs is 1. The van der Waals surface area contributed by atoms with Crippen molar-refractivity contribution < 1.29 is 23.1 Å². The summed E-state index contributed by atoms with van der Waals surface area (Å²) in [5, 5.41) is 0. The Balaban J connectivity index is 1.32. The van der Waals surface area contributed by atoms with Gasteiger partial charge < -0.3 is 14.5 Å². The molecule has 1 spiro atoms. The van der Waals surface area contributed by atoms with E-state index in [2.05, 4.69) is 0 Å². The molecule has 0 unspecified atom stereocenters. The van der Waals surface area contributed by atoms with Gasteiger partial charge in [-0.1, -0.05) is 24.3 Å². The highest BCUT2D eigenvalue weighted by Crippen LogP contribution is 2.47. The summed E-state index contributed by atoms with van der Waals surface area (Å²) in [6, 6.07) is 11.0. The van der Waals surface area contributed by atoms with Crippen LogP contribution in [0.15, 0.2) is 42.5 Å². The largest absolute Gasteiger partial charge is 0.342 e. The molecule has 3 aliphatic heterocycles. The minimum Gasteiger partial charge on any atom is -0.342 e. The van der Waals surface area contributed by atoms with Crippen LogP contribution in [0.5, 0.6) is 0 Å². The lowest BCUT2D eigenvalue weighted by molar-refractivity contribution is -0.142. The number of ether oxygens (including phenoxy) is 1. The van der Waals surface area contributed by atoms with Gasteiger partial charge in [0.25, 0.3) is 11.8 Å². The van der Waals surface area contributed by atoms with E-state index in [9.17, 15) is 18.4 Å². The van der Waals surface area contributed by atoms with E-state index in [4.69, 9.17) is 4.74 Å². The second-order valence-corrected chi connectivity index (χ2v) is 8.66. The number of carbonyl (C=O) groups excluding carboxylic acids is 2. The number of piperidine rings is 1. The van der Waals surface area contributed by atoms with Crippen molar-refractivity contribution in [3.8, 4) is 0 Å². The van der Waals surface area contributed by atoms with Crippen molar-refractivity contribution in [3.05, 3.63) is 70.8 Å². The first-order valence-electron chi connectivity index (χ1n) is 10.7. The van der Waals surface area contributed by atoms with Crippen LogP contribution < -0.4 is 0 Å². The van der Waals surface area contributed by atoms with E-state index in [0.717, 1.165) is 12.0 Å². The smallest absolute Gasteiger partial charge is 0.257 e. The molecule has 5 rings (SSSR count). The first-order valence-corrected chi connectivity index (χ1v) is 10.7. The quantitative estimate of drug-likeness (QED) is 0.730. The zero-order valence-corrected chi connectivity index (χ0v) is 17.3. The van der Waals surface area contributed by atoms with Crippen LogP contribution in [0.25, 0.3) is 0 Å². The van der Waals surface area contributed by atoms with Gasteiger partial charge in [0.2, 0.25) is 0 Å². The number of hydrogen-bond donors (Lipinski definition) is 0. The molecule has 0 saturated carbocycles. The van der Waals surface area contributed by atoms with E-state index in [-0.39, 0.29) is 35.5 Å². The number of hydrogen-bond acceptors (Lipinski definition) is 3. The first kappa shape index (κ1) is 20.1. The number of carbonyl (C=O) groups is 2. The third-order valence-electron chi connectivity index (χ3n) is 6.83. The van der Waals surface area contributed by atoms with Crippen molar-refractivity contribution in [1.82, 2.24) is 9.80 Å². The standard InChI is InChI=1S/C24H24F2N2O3/c1-15-4-2-7-18(21(15)26)22(29)27-12-10-24(11-13-27)23(30)28-19(8-9-20(28)31-24)16-5-3-6-17(25)14-16/h2-7,14,19-20H,8-13H2,1H3/t19-,20+/m0/s1. The van der Waals surface area contributed by atoms with E-state index in [0.29, 0.717) is 37.9 Å². The van der Waals surface area contributed by atoms with E-state index in [1.54, 1.807) is 34.9 Å². The minimum absolute atomic E-state index is 0.0569. The number of halogens is 2. The second-order valence-electron chi connectivity index (χ2n) is 8.66. The number of nitrogens with zero attached hydrogens (tertiary/aromatic N) is 2. The molecule has 0 N–H and O–H groups in total. The van der Waals surface area contributed by atoms with Gasteiger partial charge in [-0.3, -0.25) is 9.59 Å². The third-order valence-corrected chi connectivity index (χ3v) is 6.83. The fourth-order valence-electron chi connectivity index (χ4n) is 5.14. The molecule has 3 aliphatic rings. The summed E-state index contributed by atoms with van der Waals surface area (Å²) in [4.78, 5) is 29.6. The Bertz CT molecular complexity index is 1050. The van der Waals surface area contributed by atoms with Gasteiger partial charge in [0.1, 0.15) is 17.9 Å². The maximum Gasteiger partial charge on any atom is 0.257 e. The average Bonchev–Trinajstić information content (AvgIpc) is 3.28.